The molecule has 0 spiro atoms. The predicted octanol–water partition coefficient (Wildman–Crippen LogP) is 4.24. The number of methoxy groups -OCH3 is 1. The van der Waals surface area contributed by atoms with E-state index in [0.29, 0.717) is 6.54 Å². The second kappa shape index (κ2) is 9.02. The van der Waals surface area contributed by atoms with Gasteiger partial charge in [0.2, 0.25) is 5.91 Å². The van der Waals surface area contributed by atoms with E-state index in [1.807, 2.05) is 34.1 Å². The number of nitrogens with zero attached hydrogens (tertiary/aromatic N) is 2. The van der Waals surface area contributed by atoms with Crippen LogP contribution in [0.4, 0.5) is 0 Å². The Balaban J connectivity index is 1.58. The van der Waals surface area contributed by atoms with E-state index in [2.05, 4.69) is 6.08 Å². The lowest BCUT2D eigenvalue weighted by Gasteiger charge is -2.43. The van der Waals surface area contributed by atoms with Crippen molar-refractivity contribution in [2.75, 3.05) is 20.2 Å². The fourth-order valence-corrected chi connectivity index (χ4v) is 5.03. The van der Waals surface area contributed by atoms with E-state index in [4.69, 9.17) is 4.74 Å². The van der Waals surface area contributed by atoms with Gasteiger partial charge in [-0.2, -0.15) is 0 Å². The highest BCUT2D eigenvalue weighted by Crippen LogP contribution is 2.34. The van der Waals surface area contributed by atoms with Gasteiger partial charge < -0.3 is 14.5 Å². The number of rotatable bonds is 6. The fraction of sp³-hybridized carbons (Fsp3) is 0.583. The molecule has 1 heterocycles. The first-order valence-corrected chi connectivity index (χ1v) is 11.1. The lowest BCUT2D eigenvalue weighted by Crippen LogP contribution is -2.58. The number of piperazine rings is 1. The smallest absolute Gasteiger partial charge is 0.250 e. The van der Waals surface area contributed by atoms with Crippen LogP contribution >= 0.6 is 0 Å². The Morgan fingerprint density at radius 2 is 1.79 bits per heavy atom. The Labute approximate surface area is 173 Å². The largest absolute Gasteiger partial charge is 0.497 e. The van der Waals surface area contributed by atoms with Crippen molar-refractivity contribution < 1.29 is 14.3 Å². The van der Waals surface area contributed by atoms with Crippen LogP contribution in [0.3, 0.4) is 0 Å². The molecule has 5 heteroatoms. The van der Waals surface area contributed by atoms with Gasteiger partial charge in [-0.1, -0.05) is 36.6 Å². The molecule has 2 fully saturated rings. The van der Waals surface area contributed by atoms with Crippen LogP contribution in [-0.4, -0.2) is 47.9 Å². The van der Waals surface area contributed by atoms with E-state index < -0.39 is 6.04 Å². The molecule has 2 amide bonds. The van der Waals surface area contributed by atoms with Crippen molar-refractivity contribution in [2.45, 2.75) is 69.9 Å². The molecule has 1 aromatic rings. The molecule has 0 unspecified atom stereocenters. The molecule has 156 valence electrons. The van der Waals surface area contributed by atoms with Crippen molar-refractivity contribution in [3.63, 3.8) is 0 Å². The lowest BCUT2D eigenvalue weighted by atomic mass is 9.95. The molecule has 0 N–H and O–H groups in total. The van der Waals surface area contributed by atoms with Gasteiger partial charge in [-0.15, -0.1) is 0 Å². The predicted molar refractivity (Wildman–Crippen MR) is 113 cm³/mol. The van der Waals surface area contributed by atoms with Crippen molar-refractivity contribution in [2.24, 2.45) is 0 Å². The molecule has 1 aliphatic heterocycles. The zero-order chi connectivity index (χ0) is 20.2. The summed E-state index contributed by atoms with van der Waals surface area (Å²) in [6, 6.07) is 7.31. The molecule has 29 heavy (non-hydrogen) atoms. The van der Waals surface area contributed by atoms with Gasteiger partial charge in [0.15, 0.2) is 0 Å². The standard InChI is InChI=1S/C24H32N2O3/c1-29-21-13-11-19(12-14-21)23-24(28)26(20-9-5-6-10-20)17-22(27)25(23)16-15-18-7-3-2-4-8-18/h7,11-14,20,23H,2-6,8-10,15-17H2,1H3/t23-/m0/s1. The Morgan fingerprint density at radius 3 is 2.45 bits per heavy atom. The summed E-state index contributed by atoms with van der Waals surface area (Å²) in [5.41, 5.74) is 2.31. The zero-order valence-corrected chi connectivity index (χ0v) is 17.4. The summed E-state index contributed by atoms with van der Waals surface area (Å²) < 4.78 is 5.28. The molecular formula is C24H32N2O3. The minimum atomic E-state index is -0.521. The van der Waals surface area contributed by atoms with Crippen LogP contribution in [0.5, 0.6) is 5.75 Å². The van der Waals surface area contributed by atoms with Crippen molar-refractivity contribution in [3.8, 4) is 5.75 Å². The van der Waals surface area contributed by atoms with E-state index in [1.54, 1.807) is 7.11 Å². The topological polar surface area (TPSA) is 49.9 Å². The van der Waals surface area contributed by atoms with E-state index >= 15 is 0 Å². The van der Waals surface area contributed by atoms with Gasteiger partial charge in [-0.25, -0.2) is 0 Å². The minimum absolute atomic E-state index is 0.0775. The maximum Gasteiger partial charge on any atom is 0.250 e. The number of carbonyl (C=O) groups excluding carboxylic acids is 2. The SMILES string of the molecule is COc1ccc([C@H]2C(=O)N(C3CCCC3)CC(=O)N2CCC2=CCCCC2)cc1. The normalized spacial score (nSPS) is 23.5. The number of allylic oxidation sites excluding steroid dienone is 1. The third kappa shape index (κ3) is 4.34. The number of ether oxygens (including phenoxy) is 1. The second-order valence-electron chi connectivity index (χ2n) is 8.53. The number of amides is 2. The number of carbonyl (C=O) groups is 2. The number of benzene rings is 1. The minimum Gasteiger partial charge on any atom is -0.497 e. The highest BCUT2D eigenvalue weighted by atomic mass is 16.5. The number of hydrogen-bond acceptors (Lipinski definition) is 3. The van der Waals surface area contributed by atoms with Crippen molar-refractivity contribution in [1.29, 1.82) is 0 Å². The van der Waals surface area contributed by atoms with Crippen LogP contribution in [0.15, 0.2) is 35.9 Å². The summed E-state index contributed by atoms with van der Waals surface area (Å²) >= 11 is 0. The van der Waals surface area contributed by atoms with Crippen LogP contribution in [0, 0.1) is 0 Å². The maximum absolute atomic E-state index is 13.6. The van der Waals surface area contributed by atoms with Gasteiger partial charge in [0, 0.05) is 12.6 Å². The maximum atomic E-state index is 13.6. The molecule has 1 saturated carbocycles. The van der Waals surface area contributed by atoms with Gasteiger partial charge >= 0.3 is 0 Å². The zero-order valence-electron chi connectivity index (χ0n) is 17.4. The molecule has 0 aromatic heterocycles. The van der Waals surface area contributed by atoms with Crippen LogP contribution in [0.25, 0.3) is 0 Å². The van der Waals surface area contributed by atoms with Gasteiger partial charge in [0.1, 0.15) is 18.3 Å². The van der Waals surface area contributed by atoms with E-state index in [-0.39, 0.29) is 24.4 Å². The number of hydrogen-bond donors (Lipinski definition) is 0. The van der Waals surface area contributed by atoms with Crippen molar-refractivity contribution >= 4 is 11.8 Å². The summed E-state index contributed by atoms with van der Waals surface area (Å²) in [5.74, 6) is 0.919. The molecule has 0 bridgehead atoms. The third-order valence-corrected chi connectivity index (χ3v) is 6.71. The molecular weight excluding hydrogens is 364 g/mol. The van der Waals surface area contributed by atoms with Crippen LogP contribution in [0.1, 0.15) is 69.4 Å². The van der Waals surface area contributed by atoms with Crippen molar-refractivity contribution in [1.82, 2.24) is 9.80 Å². The Hall–Kier alpha value is -2.30. The van der Waals surface area contributed by atoms with E-state index in [0.717, 1.165) is 56.3 Å². The molecule has 4 rings (SSSR count). The molecule has 0 radical (unpaired) electrons. The second-order valence-corrected chi connectivity index (χ2v) is 8.53. The highest BCUT2D eigenvalue weighted by Gasteiger charge is 2.43. The first-order valence-electron chi connectivity index (χ1n) is 11.1. The Morgan fingerprint density at radius 1 is 1.03 bits per heavy atom. The molecule has 2 aliphatic carbocycles. The quantitative estimate of drug-likeness (QED) is 0.676. The Bertz CT molecular complexity index is 765. The summed E-state index contributed by atoms with van der Waals surface area (Å²) in [5, 5.41) is 0. The lowest BCUT2D eigenvalue weighted by molar-refractivity contribution is -0.158. The molecule has 1 saturated heterocycles. The first kappa shape index (κ1) is 20.0. The van der Waals surface area contributed by atoms with E-state index in [9.17, 15) is 9.59 Å². The van der Waals surface area contributed by atoms with Crippen LogP contribution < -0.4 is 4.74 Å². The van der Waals surface area contributed by atoms with Gasteiger partial charge in [0.05, 0.1) is 7.11 Å². The monoisotopic (exact) mass is 396 g/mol. The third-order valence-electron chi connectivity index (χ3n) is 6.71. The van der Waals surface area contributed by atoms with Crippen LogP contribution in [0.2, 0.25) is 0 Å². The molecule has 1 atom stereocenters. The van der Waals surface area contributed by atoms with Crippen LogP contribution in [-0.2, 0) is 9.59 Å². The summed E-state index contributed by atoms with van der Waals surface area (Å²) in [6.45, 7) is 0.848. The molecule has 3 aliphatic rings. The van der Waals surface area contributed by atoms with Gasteiger partial charge in [-0.3, -0.25) is 9.59 Å². The summed E-state index contributed by atoms with van der Waals surface area (Å²) in [4.78, 5) is 30.4. The van der Waals surface area contributed by atoms with Gasteiger partial charge in [0.25, 0.3) is 5.91 Å². The summed E-state index contributed by atoms with van der Waals surface area (Å²) in [7, 11) is 1.64. The molecule has 1 aromatic carbocycles. The van der Waals surface area contributed by atoms with Gasteiger partial charge in [-0.05, 0) is 62.6 Å². The fourth-order valence-electron chi connectivity index (χ4n) is 5.03. The highest BCUT2D eigenvalue weighted by molar-refractivity contribution is 5.95. The summed E-state index contributed by atoms with van der Waals surface area (Å²) in [6.07, 6.45) is 12.3. The Kier molecular flexibility index (Phi) is 6.22. The van der Waals surface area contributed by atoms with Crippen molar-refractivity contribution in [3.05, 3.63) is 41.5 Å². The average Bonchev–Trinajstić information content (AvgIpc) is 3.29. The first-order chi connectivity index (χ1) is 14.2. The average molecular weight is 397 g/mol. The molecule has 5 nitrogen and oxygen atoms in total. The van der Waals surface area contributed by atoms with E-state index in [1.165, 1.54) is 18.4 Å².